The van der Waals surface area contributed by atoms with Gasteiger partial charge in [-0.1, -0.05) is 19.9 Å². The molecule has 0 bridgehead atoms. The Labute approximate surface area is 85.9 Å². The second-order valence-corrected chi connectivity index (χ2v) is 3.29. The van der Waals surface area contributed by atoms with E-state index in [0.717, 1.165) is 31.0 Å². The summed E-state index contributed by atoms with van der Waals surface area (Å²) in [6.07, 6.45) is 0. The Balaban J connectivity index is 2.65. The molecular weight excluding hydrogens is 174 g/mol. The van der Waals surface area contributed by atoms with Crippen molar-refractivity contribution >= 4 is 0 Å². The van der Waals surface area contributed by atoms with Crippen LogP contribution in [0.25, 0.3) is 0 Å². The van der Waals surface area contributed by atoms with Crippen molar-refractivity contribution in [3.8, 4) is 0 Å². The molecule has 0 aliphatic heterocycles. The fraction of sp³-hybridized carbons (Fsp3) is 0.545. The second kappa shape index (κ2) is 5.73. The first-order chi connectivity index (χ1) is 6.80. The molecule has 0 aliphatic carbocycles. The maximum atomic E-state index is 5.54. The van der Waals surface area contributed by atoms with Crippen LogP contribution < -0.4 is 5.73 Å². The highest BCUT2D eigenvalue weighted by atomic mass is 15.1. The molecule has 0 spiro atoms. The smallest absolute Gasteiger partial charge is 0.0547 e. The van der Waals surface area contributed by atoms with Crippen molar-refractivity contribution in [3.63, 3.8) is 0 Å². The fourth-order valence-electron chi connectivity index (χ4n) is 1.41. The SMILES string of the molecule is CCN(CC)Cc1cccc(CN)n1. The van der Waals surface area contributed by atoms with Crippen LogP contribution in [0, 0.1) is 0 Å². The molecule has 2 N–H and O–H groups in total. The topological polar surface area (TPSA) is 42.1 Å². The number of nitrogens with zero attached hydrogens (tertiary/aromatic N) is 2. The Hall–Kier alpha value is -0.930. The molecule has 0 amide bonds. The lowest BCUT2D eigenvalue weighted by Crippen LogP contribution is -2.23. The summed E-state index contributed by atoms with van der Waals surface area (Å²) in [5.74, 6) is 0. The van der Waals surface area contributed by atoms with E-state index in [1.807, 2.05) is 12.1 Å². The minimum absolute atomic E-state index is 0.520. The zero-order valence-corrected chi connectivity index (χ0v) is 9.03. The van der Waals surface area contributed by atoms with Crippen molar-refractivity contribution in [3.05, 3.63) is 29.6 Å². The van der Waals surface area contributed by atoms with Gasteiger partial charge in [0.05, 0.1) is 11.4 Å². The highest BCUT2D eigenvalue weighted by molar-refractivity contribution is 5.10. The van der Waals surface area contributed by atoms with Gasteiger partial charge in [-0.15, -0.1) is 0 Å². The monoisotopic (exact) mass is 193 g/mol. The number of hydrogen-bond donors (Lipinski definition) is 1. The Morgan fingerprint density at radius 2 is 1.86 bits per heavy atom. The van der Waals surface area contributed by atoms with Crippen LogP contribution >= 0.6 is 0 Å². The Morgan fingerprint density at radius 3 is 2.43 bits per heavy atom. The molecule has 3 nitrogen and oxygen atoms in total. The maximum absolute atomic E-state index is 5.54. The molecule has 0 unspecified atom stereocenters. The normalized spacial score (nSPS) is 10.9. The molecule has 0 aliphatic rings. The van der Waals surface area contributed by atoms with E-state index in [9.17, 15) is 0 Å². The molecule has 14 heavy (non-hydrogen) atoms. The van der Waals surface area contributed by atoms with Gasteiger partial charge in [0, 0.05) is 13.1 Å². The highest BCUT2D eigenvalue weighted by Gasteiger charge is 2.02. The summed E-state index contributed by atoms with van der Waals surface area (Å²) >= 11 is 0. The molecule has 0 saturated carbocycles. The van der Waals surface area contributed by atoms with Gasteiger partial charge < -0.3 is 5.73 Å². The summed E-state index contributed by atoms with van der Waals surface area (Å²) in [6.45, 7) is 7.88. The summed E-state index contributed by atoms with van der Waals surface area (Å²) in [5.41, 5.74) is 7.61. The molecule has 1 rings (SSSR count). The van der Waals surface area contributed by atoms with Gasteiger partial charge in [0.25, 0.3) is 0 Å². The van der Waals surface area contributed by atoms with Crippen LogP contribution in [0.1, 0.15) is 25.2 Å². The minimum Gasteiger partial charge on any atom is -0.325 e. The highest BCUT2D eigenvalue weighted by Crippen LogP contribution is 2.02. The summed E-state index contributed by atoms with van der Waals surface area (Å²) in [5, 5.41) is 0. The van der Waals surface area contributed by atoms with Crippen LogP contribution in [-0.2, 0) is 13.1 Å². The van der Waals surface area contributed by atoms with Crippen molar-refractivity contribution in [2.45, 2.75) is 26.9 Å². The Kier molecular flexibility index (Phi) is 4.56. The van der Waals surface area contributed by atoms with Crippen molar-refractivity contribution in [2.24, 2.45) is 5.73 Å². The van der Waals surface area contributed by atoms with Gasteiger partial charge in [0.2, 0.25) is 0 Å². The molecule has 78 valence electrons. The minimum atomic E-state index is 0.520. The third kappa shape index (κ3) is 3.09. The van der Waals surface area contributed by atoms with E-state index < -0.39 is 0 Å². The van der Waals surface area contributed by atoms with Gasteiger partial charge >= 0.3 is 0 Å². The Morgan fingerprint density at radius 1 is 1.21 bits per heavy atom. The van der Waals surface area contributed by atoms with Gasteiger partial charge in [-0.3, -0.25) is 9.88 Å². The van der Waals surface area contributed by atoms with Crippen LogP contribution in [0.2, 0.25) is 0 Å². The van der Waals surface area contributed by atoms with Gasteiger partial charge in [-0.2, -0.15) is 0 Å². The van der Waals surface area contributed by atoms with E-state index in [4.69, 9.17) is 5.73 Å². The van der Waals surface area contributed by atoms with E-state index in [-0.39, 0.29) is 0 Å². The molecule has 1 aromatic rings. The van der Waals surface area contributed by atoms with E-state index >= 15 is 0 Å². The van der Waals surface area contributed by atoms with E-state index in [0.29, 0.717) is 6.54 Å². The number of pyridine rings is 1. The largest absolute Gasteiger partial charge is 0.325 e. The average molecular weight is 193 g/mol. The van der Waals surface area contributed by atoms with Gasteiger partial charge in [-0.25, -0.2) is 0 Å². The average Bonchev–Trinajstić information content (AvgIpc) is 2.26. The first-order valence-corrected chi connectivity index (χ1v) is 5.17. The van der Waals surface area contributed by atoms with E-state index in [2.05, 4.69) is 29.8 Å². The predicted molar refractivity (Wildman–Crippen MR) is 58.8 cm³/mol. The van der Waals surface area contributed by atoms with Crippen LogP contribution in [-0.4, -0.2) is 23.0 Å². The lowest BCUT2D eigenvalue weighted by atomic mass is 10.3. The van der Waals surface area contributed by atoms with Crippen molar-refractivity contribution in [2.75, 3.05) is 13.1 Å². The second-order valence-electron chi connectivity index (χ2n) is 3.29. The lowest BCUT2D eigenvalue weighted by molar-refractivity contribution is 0.292. The molecule has 0 aromatic carbocycles. The van der Waals surface area contributed by atoms with Crippen molar-refractivity contribution in [1.29, 1.82) is 0 Å². The van der Waals surface area contributed by atoms with Gasteiger partial charge in [0.1, 0.15) is 0 Å². The summed E-state index contributed by atoms with van der Waals surface area (Å²) < 4.78 is 0. The summed E-state index contributed by atoms with van der Waals surface area (Å²) in [4.78, 5) is 6.80. The lowest BCUT2D eigenvalue weighted by Gasteiger charge is -2.17. The van der Waals surface area contributed by atoms with Crippen LogP contribution in [0.15, 0.2) is 18.2 Å². The molecular formula is C11H19N3. The number of hydrogen-bond acceptors (Lipinski definition) is 3. The summed E-state index contributed by atoms with van der Waals surface area (Å²) in [7, 11) is 0. The molecule has 0 fully saturated rings. The maximum Gasteiger partial charge on any atom is 0.0547 e. The van der Waals surface area contributed by atoms with E-state index in [1.54, 1.807) is 0 Å². The van der Waals surface area contributed by atoms with Gasteiger partial charge in [0.15, 0.2) is 0 Å². The van der Waals surface area contributed by atoms with Crippen LogP contribution in [0.4, 0.5) is 0 Å². The molecule has 0 saturated heterocycles. The Bertz CT molecular complexity index is 269. The fourth-order valence-corrected chi connectivity index (χ4v) is 1.41. The van der Waals surface area contributed by atoms with Crippen LogP contribution in [0.5, 0.6) is 0 Å². The molecule has 1 heterocycles. The van der Waals surface area contributed by atoms with Crippen molar-refractivity contribution < 1.29 is 0 Å². The number of aromatic nitrogens is 1. The number of nitrogens with two attached hydrogens (primary N) is 1. The molecule has 0 radical (unpaired) electrons. The zero-order chi connectivity index (χ0) is 10.4. The van der Waals surface area contributed by atoms with Crippen LogP contribution in [0.3, 0.4) is 0 Å². The molecule has 0 atom stereocenters. The van der Waals surface area contributed by atoms with E-state index in [1.165, 1.54) is 0 Å². The number of rotatable bonds is 5. The van der Waals surface area contributed by atoms with Gasteiger partial charge in [-0.05, 0) is 25.2 Å². The third-order valence-electron chi connectivity index (χ3n) is 2.35. The standard InChI is InChI=1S/C11H19N3/c1-3-14(4-2)9-11-7-5-6-10(8-12)13-11/h5-7H,3-4,8-9,12H2,1-2H3. The third-order valence-corrected chi connectivity index (χ3v) is 2.35. The molecule has 3 heteroatoms. The zero-order valence-electron chi connectivity index (χ0n) is 9.03. The van der Waals surface area contributed by atoms with Crippen molar-refractivity contribution in [1.82, 2.24) is 9.88 Å². The first kappa shape index (κ1) is 11.1. The first-order valence-electron chi connectivity index (χ1n) is 5.17. The molecule has 1 aromatic heterocycles. The quantitative estimate of drug-likeness (QED) is 0.768. The summed E-state index contributed by atoms with van der Waals surface area (Å²) in [6, 6.07) is 6.04. The predicted octanol–water partition coefficient (Wildman–Crippen LogP) is 1.38.